The summed E-state index contributed by atoms with van der Waals surface area (Å²) >= 11 is 0. The first-order chi connectivity index (χ1) is 9.64. The van der Waals surface area contributed by atoms with Gasteiger partial charge in [-0.3, -0.25) is 4.79 Å². The molecule has 1 saturated carbocycles. The number of nitrogens with one attached hydrogen (secondary N) is 1. The van der Waals surface area contributed by atoms with Crippen LogP contribution in [-0.4, -0.2) is 61.4 Å². The lowest BCUT2D eigenvalue weighted by atomic mass is 9.58. The molecule has 1 aliphatic carbocycles. The Labute approximate surface area is 133 Å². The molecule has 2 fully saturated rings. The fourth-order valence-electron chi connectivity index (χ4n) is 3.56. The number of ether oxygens (including phenoxy) is 1. The molecule has 0 radical (unpaired) electrons. The summed E-state index contributed by atoms with van der Waals surface area (Å²) in [6, 6.07) is 0. The van der Waals surface area contributed by atoms with E-state index in [2.05, 4.69) is 5.32 Å². The minimum Gasteiger partial charge on any atom is -0.392 e. The van der Waals surface area contributed by atoms with E-state index in [0.717, 1.165) is 45.3 Å². The fourth-order valence-corrected chi connectivity index (χ4v) is 3.56. The number of rotatable bonds is 6. The quantitative estimate of drug-likeness (QED) is 0.722. The predicted molar refractivity (Wildman–Crippen MR) is 84.7 cm³/mol. The van der Waals surface area contributed by atoms with Gasteiger partial charge in [0.15, 0.2) is 0 Å². The normalized spacial score (nSPS) is 27.1. The summed E-state index contributed by atoms with van der Waals surface area (Å²) in [6.45, 7) is 5.11. The largest absolute Gasteiger partial charge is 0.392 e. The lowest BCUT2D eigenvalue weighted by Crippen LogP contribution is -2.62. The van der Waals surface area contributed by atoms with Crippen molar-refractivity contribution in [2.24, 2.45) is 5.41 Å². The average Bonchev–Trinajstić information content (AvgIpc) is 2.47. The number of aliphatic hydroxyl groups is 1. The SMILES string of the molecule is CCOC1CC(O)C12CCN(C(=O)CCCNC)CC2.Cl. The molecular weight excluding hydrogens is 292 g/mol. The highest BCUT2D eigenvalue weighted by Gasteiger charge is 2.56. The molecule has 2 unspecified atom stereocenters. The molecule has 0 aromatic heterocycles. The molecule has 1 saturated heterocycles. The molecule has 1 spiro atoms. The third-order valence-corrected chi connectivity index (χ3v) is 4.97. The molecule has 6 heteroatoms. The van der Waals surface area contributed by atoms with Crippen molar-refractivity contribution in [3.8, 4) is 0 Å². The molecule has 0 aromatic rings. The summed E-state index contributed by atoms with van der Waals surface area (Å²) in [5.74, 6) is 0.247. The summed E-state index contributed by atoms with van der Waals surface area (Å²) < 4.78 is 5.74. The van der Waals surface area contributed by atoms with E-state index >= 15 is 0 Å². The first-order valence-electron chi connectivity index (χ1n) is 7.86. The molecular formula is C15H29ClN2O3. The number of hydrogen-bond donors (Lipinski definition) is 2. The molecule has 2 aliphatic rings. The van der Waals surface area contributed by atoms with Crippen LogP contribution >= 0.6 is 12.4 Å². The van der Waals surface area contributed by atoms with Gasteiger partial charge in [-0.05, 0) is 39.8 Å². The number of aliphatic hydroxyl groups excluding tert-OH is 1. The van der Waals surface area contributed by atoms with Crippen LogP contribution in [0.5, 0.6) is 0 Å². The molecule has 2 N–H and O–H groups in total. The van der Waals surface area contributed by atoms with Crippen molar-refractivity contribution in [1.82, 2.24) is 10.2 Å². The summed E-state index contributed by atoms with van der Waals surface area (Å²) in [5.41, 5.74) is -0.0856. The Morgan fingerprint density at radius 3 is 2.62 bits per heavy atom. The zero-order valence-electron chi connectivity index (χ0n) is 13.1. The summed E-state index contributed by atoms with van der Waals surface area (Å²) in [4.78, 5) is 14.0. The van der Waals surface area contributed by atoms with Crippen molar-refractivity contribution < 1.29 is 14.6 Å². The number of carbonyl (C=O) groups is 1. The number of amides is 1. The van der Waals surface area contributed by atoms with Crippen molar-refractivity contribution in [3.05, 3.63) is 0 Å². The third-order valence-electron chi connectivity index (χ3n) is 4.97. The van der Waals surface area contributed by atoms with Gasteiger partial charge < -0.3 is 20.1 Å². The monoisotopic (exact) mass is 320 g/mol. The zero-order valence-corrected chi connectivity index (χ0v) is 14.0. The lowest BCUT2D eigenvalue weighted by Gasteiger charge is -2.56. The third kappa shape index (κ3) is 3.89. The van der Waals surface area contributed by atoms with Crippen LogP contribution in [0, 0.1) is 5.41 Å². The Balaban J connectivity index is 0.00000220. The highest BCUT2D eigenvalue weighted by molar-refractivity contribution is 5.85. The first-order valence-corrected chi connectivity index (χ1v) is 7.86. The van der Waals surface area contributed by atoms with Gasteiger partial charge in [0, 0.05) is 38.0 Å². The van der Waals surface area contributed by atoms with E-state index in [9.17, 15) is 9.90 Å². The topological polar surface area (TPSA) is 61.8 Å². The van der Waals surface area contributed by atoms with Gasteiger partial charge in [-0.25, -0.2) is 0 Å². The molecule has 0 aromatic carbocycles. The van der Waals surface area contributed by atoms with Crippen molar-refractivity contribution >= 4 is 18.3 Å². The number of hydrogen-bond acceptors (Lipinski definition) is 4. The van der Waals surface area contributed by atoms with Crippen LogP contribution in [0.4, 0.5) is 0 Å². The van der Waals surface area contributed by atoms with Gasteiger partial charge in [0.25, 0.3) is 0 Å². The Hall–Kier alpha value is -0.360. The van der Waals surface area contributed by atoms with Crippen LogP contribution in [0.1, 0.15) is 39.0 Å². The number of piperidine rings is 1. The molecule has 2 rings (SSSR count). The maximum atomic E-state index is 12.1. The van der Waals surface area contributed by atoms with Gasteiger partial charge in [-0.1, -0.05) is 0 Å². The molecule has 0 bridgehead atoms. The Morgan fingerprint density at radius 2 is 2.10 bits per heavy atom. The second-order valence-electron chi connectivity index (χ2n) is 6.02. The van der Waals surface area contributed by atoms with E-state index in [-0.39, 0.29) is 35.9 Å². The second kappa shape index (κ2) is 8.32. The van der Waals surface area contributed by atoms with Gasteiger partial charge in [-0.2, -0.15) is 0 Å². The van der Waals surface area contributed by atoms with Crippen LogP contribution in [0.3, 0.4) is 0 Å². The van der Waals surface area contributed by atoms with E-state index in [1.165, 1.54) is 0 Å². The molecule has 1 amide bonds. The van der Waals surface area contributed by atoms with Crippen LogP contribution in [0.15, 0.2) is 0 Å². The van der Waals surface area contributed by atoms with Crippen molar-refractivity contribution in [2.45, 2.75) is 51.2 Å². The lowest BCUT2D eigenvalue weighted by molar-refractivity contribution is -0.210. The number of nitrogens with zero attached hydrogens (tertiary/aromatic N) is 1. The van der Waals surface area contributed by atoms with E-state index in [1.807, 2.05) is 18.9 Å². The Kier molecular flexibility index (Phi) is 7.40. The van der Waals surface area contributed by atoms with Gasteiger partial charge in [0.1, 0.15) is 0 Å². The predicted octanol–water partition coefficient (Wildman–Crippen LogP) is 1.19. The van der Waals surface area contributed by atoms with Crippen molar-refractivity contribution in [1.29, 1.82) is 0 Å². The van der Waals surface area contributed by atoms with Crippen molar-refractivity contribution in [2.75, 3.05) is 33.3 Å². The minimum atomic E-state index is -0.249. The van der Waals surface area contributed by atoms with E-state index in [1.54, 1.807) is 0 Å². The summed E-state index contributed by atoms with van der Waals surface area (Å²) in [5, 5.41) is 13.2. The molecule has 5 nitrogen and oxygen atoms in total. The van der Waals surface area contributed by atoms with Crippen LogP contribution in [0.25, 0.3) is 0 Å². The van der Waals surface area contributed by atoms with Crippen LogP contribution in [-0.2, 0) is 9.53 Å². The zero-order chi connectivity index (χ0) is 14.6. The van der Waals surface area contributed by atoms with E-state index in [0.29, 0.717) is 13.0 Å². The van der Waals surface area contributed by atoms with Crippen LogP contribution < -0.4 is 5.32 Å². The van der Waals surface area contributed by atoms with Gasteiger partial charge in [-0.15, -0.1) is 12.4 Å². The molecule has 21 heavy (non-hydrogen) atoms. The first kappa shape index (κ1) is 18.7. The smallest absolute Gasteiger partial charge is 0.222 e. The van der Waals surface area contributed by atoms with E-state index in [4.69, 9.17) is 4.74 Å². The Morgan fingerprint density at radius 1 is 1.43 bits per heavy atom. The standard InChI is InChI=1S/C15H28N2O3.ClH/c1-3-20-13-11-12(18)15(13)6-9-17(10-7-15)14(19)5-4-8-16-2;/h12-13,16,18H,3-11H2,1-2H3;1H. The summed E-state index contributed by atoms with van der Waals surface area (Å²) in [6.07, 6.45) is 3.94. The van der Waals surface area contributed by atoms with Gasteiger partial charge >= 0.3 is 0 Å². The highest BCUT2D eigenvalue weighted by atomic mass is 35.5. The van der Waals surface area contributed by atoms with Crippen LogP contribution in [0.2, 0.25) is 0 Å². The van der Waals surface area contributed by atoms with Crippen molar-refractivity contribution in [3.63, 3.8) is 0 Å². The maximum Gasteiger partial charge on any atom is 0.222 e. The Bertz CT molecular complexity index is 331. The second-order valence-corrected chi connectivity index (χ2v) is 6.02. The van der Waals surface area contributed by atoms with Gasteiger partial charge in [0.05, 0.1) is 12.2 Å². The molecule has 1 heterocycles. The fraction of sp³-hybridized carbons (Fsp3) is 0.933. The molecule has 2 atom stereocenters. The average molecular weight is 321 g/mol. The van der Waals surface area contributed by atoms with Gasteiger partial charge in [0.2, 0.25) is 5.91 Å². The number of likely N-dealkylation sites (tertiary alicyclic amines) is 1. The highest BCUT2D eigenvalue weighted by Crippen LogP contribution is 2.50. The summed E-state index contributed by atoms with van der Waals surface area (Å²) in [7, 11) is 1.90. The van der Waals surface area contributed by atoms with E-state index < -0.39 is 0 Å². The molecule has 124 valence electrons. The number of carbonyl (C=O) groups excluding carboxylic acids is 1. The maximum absolute atomic E-state index is 12.1. The number of halogens is 1. The molecule has 1 aliphatic heterocycles. The minimum absolute atomic E-state index is 0.